The molecule has 0 saturated carbocycles. The SMILES string of the molecule is COCC1CCC(C)N2CN1n1cc(C(N)=O)c(=O)cc1C2=O. The van der Waals surface area contributed by atoms with Crippen molar-refractivity contribution in [1.29, 1.82) is 0 Å². The minimum absolute atomic E-state index is 0.0440. The van der Waals surface area contributed by atoms with Crippen molar-refractivity contribution >= 4 is 11.8 Å². The van der Waals surface area contributed by atoms with Gasteiger partial charge in [-0.3, -0.25) is 24.1 Å². The van der Waals surface area contributed by atoms with Crippen molar-refractivity contribution in [1.82, 2.24) is 9.58 Å². The Kier molecular flexibility index (Phi) is 3.85. The molecule has 23 heavy (non-hydrogen) atoms. The number of pyridine rings is 1. The van der Waals surface area contributed by atoms with Crippen LogP contribution in [-0.2, 0) is 4.74 Å². The summed E-state index contributed by atoms with van der Waals surface area (Å²) < 4.78 is 6.88. The molecule has 0 aliphatic carbocycles. The predicted octanol–water partition coefficient (Wildman–Crippen LogP) is -0.504. The first kappa shape index (κ1) is 15.5. The van der Waals surface area contributed by atoms with Gasteiger partial charge in [0.05, 0.1) is 12.6 Å². The van der Waals surface area contributed by atoms with Crippen LogP contribution >= 0.6 is 0 Å². The summed E-state index contributed by atoms with van der Waals surface area (Å²) in [5.41, 5.74) is 4.86. The third kappa shape index (κ3) is 2.48. The molecule has 2 bridgehead atoms. The molecule has 2 N–H and O–H groups in total. The molecule has 2 atom stereocenters. The molecule has 2 amide bonds. The van der Waals surface area contributed by atoms with E-state index in [1.807, 2.05) is 11.9 Å². The van der Waals surface area contributed by atoms with E-state index in [2.05, 4.69) is 0 Å². The molecule has 1 fully saturated rings. The predicted molar refractivity (Wildman–Crippen MR) is 82.8 cm³/mol. The summed E-state index contributed by atoms with van der Waals surface area (Å²) in [6, 6.07) is 1.32. The highest BCUT2D eigenvalue weighted by Crippen LogP contribution is 2.25. The number of methoxy groups -OCH3 is 1. The second-order valence-corrected chi connectivity index (χ2v) is 6.04. The van der Waals surface area contributed by atoms with E-state index in [9.17, 15) is 14.4 Å². The number of amides is 2. The summed E-state index contributed by atoms with van der Waals surface area (Å²) in [7, 11) is 1.63. The maximum Gasteiger partial charge on any atom is 0.274 e. The van der Waals surface area contributed by atoms with Crippen LogP contribution in [0.4, 0.5) is 0 Å². The molecule has 124 valence electrons. The molecule has 0 spiro atoms. The zero-order chi connectivity index (χ0) is 16.7. The van der Waals surface area contributed by atoms with Crippen molar-refractivity contribution in [2.24, 2.45) is 5.73 Å². The third-order valence-electron chi connectivity index (χ3n) is 4.58. The lowest BCUT2D eigenvalue weighted by molar-refractivity contribution is 0.0623. The van der Waals surface area contributed by atoms with Gasteiger partial charge in [-0.05, 0) is 19.8 Å². The molecule has 2 aliphatic heterocycles. The van der Waals surface area contributed by atoms with E-state index in [1.165, 1.54) is 12.3 Å². The fourth-order valence-electron chi connectivity index (χ4n) is 3.25. The number of rotatable bonds is 3. The quantitative estimate of drug-likeness (QED) is 0.809. The van der Waals surface area contributed by atoms with Crippen LogP contribution < -0.4 is 16.2 Å². The topological polar surface area (TPSA) is 97.9 Å². The van der Waals surface area contributed by atoms with Gasteiger partial charge in [0.15, 0.2) is 5.43 Å². The van der Waals surface area contributed by atoms with Gasteiger partial charge in [0, 0.05) is 25.4 Å². The Labute approximate surface area is 133 Å². The summed E-state index contributed by atoms with van der Waals surface area (Å²) in [6.07, 6.45) is 3.06. The molecule has 3 heterocycles. The summed E-state index contributed by atoms with van der Waals surface area (Å²) in [5, 5.41) is 1.95. The number of hydrogen-bond donors (Lipinski definition) is 1. The number of nitrogens with zero attached hydrogens (tertiary/aromatic N) is 3. The van der Waals surface area contributed by atoms with Gasteiger partial charge < -0.3 is 15.4 Å². The molecule has 8 nitrogen and oxygen atoms in total. The standard InChI is InChI=1S/C15H20N4O4/c1-9-3-4-10(7-23-2)19-8-17(9)15(22)12-5-13(20)11(14(16)21)6-18(12)19/h5-6,9-10H,3-4,7-8H2,1-2H3,(H2,16,21). The smallest absolute Gasteiger partial charge is 0.274 e. The molecule has 1 saturated heterocycles. The van der Waals surface area contributed by atoms with Gasteiger partial charge in [-0.1, -0.05) is 0 Å². The molecule has 2 aliphatic rings. The second kappa shape index (κ2) is 5.69. The highest BCUT2D eigenvalue weighted by molar-refractivity contribution is 5.96. The molecule has 8 heteroatoms. The number of hydrogen-bond acceptors (Lipinski definition) is 5. The first-order valence-corrected chi connectivity index (χ1v) is 7.57. The van der Waals surface area contributed by atoms with Crippen LogP contribution in [-0.4, -0.2) is 53.9 Å². The first-order chi connectivity index (χ1) is 10.9. The summed E-state index contributed by atoms with van der Waals surface area (Å²) in [6.45, 7) is 2.88. The Bertz CT molecular complexity index is 714. The molecule has 0 aromatic carbocycles. The summed E-state index contributed by atoms with van der Waals surface area (Å²) in [5.74, 6) is -1.01. The van der Waals surface area contributed by atoms with Gasteiger partial charge in [-0.2, -0.15) is 0 Å². The molecule has 0 radical (unpaired) electrons. The van der Waals surface area contributed by atoms with Crippen molar-refractivity contribution < 1.29 is 14.3 Å². The maximum absolute atomic E-state index is 12.7. The fourth-order valence-corrected chi connectivity index (χ4v) is 3.25. The van der Waals surface area contributed by atoms with Crippen molar-refractivity contribution in [2.75, 3.05) is 25.4 Å². The molecular weight excluding hydrogens is 300 g/mol. The van der Waals surface area contributed by atoms with Gasteiger partial charge in [-0.25, -0.2) is 0 Å². The summed E-state index contributed by atoms with van der Waals surface area (Å²) >= 11 is 0. The van der Waals surface area contributed by atoms with E-state index in [-0.39, 0.29) is 29.2 Å². The van der Waals surface area contributed by atoms with Crippen molar-refractivity contribution in [2.45, 2.75) is 31.8 Å². The average Bonchev–Trinajstić information content (AvgIpc) is 2.64. The Balaban J connectivity index is 2.17. The Hall–Kier alpha value is -2.35. The van der Waals surface area contributed by atoms with Crippen LogP contribution in [0.5, 0.6) is 0 Å². The van der Waals surface area contributed by atoms with Gasteiger partial charge in [0.1, 0.15) is 17.9 Å². The third-order valence-corrected chi connectivity index (χ3v) is 4.58. The zero-order valence-corrected chi connectivity index (χ0v) is 13.2. The largest absolute Gasteiger partial charge is 0.382 e. The molecule has 1 aromatic heterocycles. The number of nitrogens with two attached hydrogens (primary N) is 1. The normalized spacial score (nSPS) is 23.5. The van der Waals surface area contributed by atoms with E-state index < -0.39 is 11.3 Å². The van der Waals surface area contributed by atoms with E-state index >= 15 is 0 Å². The number of carbonyl (C=O) groups is 2. The van der Waals surface area contributed by atoms with Gasteiger partial charge in [-0.15, -0.1) is 0 Å². The fraction of sp³-hybridized carbons (Fsp3) is 0.533. The highest BCUT2D eigenvalue weighted by atomic mass is 16.5. The van der Waals surface area contributed by atoms with Crippen LogP contribution in [0.15, 0.2) is 17.1 Å². The van der Waals surface area contributed by atoms with Gasteiger partial charge in [0.25, 0.3) is 11.8 Å². The van der Waals surface area contributed by atoms with E-state index in [1.54, 1.807) is 16.7 Å². The van der Waals surface area contributed by atoms with Gasteiger partial charge in [0.2, 0.25) is 0 Å². The number of primary amides is 1. The molecule has 1 aromatic rings. The van der Waals surface area contributed by atoms with Crippen molar-refractivity contribution in [3.05, 3.63) is 33.7 Å². The number of carbonyl (C=O) groups excluding carboxylic acids is 2. The van der Waals surface area contributed by atoms with E-state index in [4.69, 9.17) is 10.5 Å². The van der Waals surface area contributed by atoms with Crippen LogP contribution in [0.25, 0.3) is 0 Å². The second-order valence-electron chi connectivity index (χ2n) is 6.04. The highest BCUT2D eigenvalue weighted by Gasteiger charge is 2.38. The Morgan fingerprint density at radius 2 is 2.13 bits per heavy atom. The van der Waals surface area contributed by atoms with Crippen LogP contribution in [0.3, 0.4) is 0 Å². The molecule has 3 rings (SSSR count). The summed E-state index contributed by atoms with van der Waals surface area (Å²) in [4.78, 5) is 37.9. The van der Waals surface area contributed by atoms with Crippen LogP contribution in [0.1, 0.15) is 40.6 Å². The first-order valence-electron chi connectivity index (χ1n) is 7.57. The van der Waals surface area contributed by atoms with Crippen LogP contribution in [0, 0.1) is 0 Å². The minimum Gasteiger partial charge on any atom is -0.382 e. The van der Waals surface area contributed by atoms with E-state index in [0.717, 1.165) is 12.8 Å². The number of ether oxygens (including phenoxy) is 1. The minimum atomic E-state index is -0.799. The Morgan fingerprint density at radius 3 is 2.78 bits per heavy atom. The lowest BCUT2D eigenvalue weighted by Crippen LogP contribution is -2.58. The van der Waals surface area contributed by atoms with Gasteiger partial charge >= 0.3 is 0 Å². The van der Waals surface area contributed by atoms with E-state index in [0.29, 0.717) is 13.3 Å². The molecule has 2 unspecified atom stereocenters. The number of fused-ring (bicyclic) bond motifs is 4. The number of aromatic nitrogens is 1. The average molecular weight is 320 g/mol. The lowest BCUT2D eigenvalue weighted by atomic mass is 10.1. The van der Waals surface area contributed by atoms with Crippen LogP contribution in [0.2, 0.25) is 0 Å². The Morgan fingerprint density at radius 1 is 1.39 bits per heavy atom. The monoisotopic (exact) mass is 320 g/mol. The zero-order valence-electron chi connectivity index (χ0n) is 13.2. The maximum atomic E-state index is 12.7. The lowest BCUT2D eigenvalue weighted by Gasteiger charge is -2.42. The molecular formula is C15H20N4O4. The van der Waals surface area contributed by atoms with Crippen molar-refractivity contribution in [3.8, 4) is 0 Å². The van der Waals surface area contributed by atoms with Crippen molar-refractivity contribution in [3.63, 3.8) is 0 Å².